The smallest absolute Gasteiger partial charge is 0.258 e. The lowest BCUT2D eigenvalue weighted by atomic mass is 10.1. The van der Waals surface area contributed by atoms with E-state index in [1.165, 1.54) is 7.11 Å². The highest BCUT2D eigenvalue weighted by atomic mass is 35.5. The van der Waals surface area contributed by atoms with Gasteiger partial charge >= 0.3 is 0 Å². The summed E-state index contributed by atoms with van der Waals surface area (Å²) < 4.78 is 5.19. The summed E-state index contributed by atoms with van der Waals surface area (Å²) in [6, 6.07) is 6.69. The Morgan fingerprint density at radius 1 is 1.63 bits per heavy atom. The molecule has 19 heavy (non-hydrogen) atoms. The highest BCUT2D eigenvalue weighted by molar-refractivity contribution is 7.99. The molecule has 0 saturated carbocycles. The van der Waals surface area contributed by atoms with E-state index in [2.05, 4.69) is 6.07 Å². The van der Waals surface area contributed by atoms with Gasteiger partial charge in [-0.1, -0.05) is 11.6 Å². The van der Waals surface area contributed by atoms with Gasteiger partial charge in [0, 0.05) is 23.1 Å². The van der Waals surface area contributed by atoms with Crippen LogP contribution in [0.25, 0.3) is 0 Å². The van der Waals surface area contributed by atoms with Gasteiger partial charge in [-0.2, -0.15) is 17.0 Å². The number of nitriles is 1. The van der Waals surface area contributed by atoms with E-state index in [-0.39, 0.29) is 5.91 Å². The SMILES string of the molecule is COc1ccc(Cl)cc1C(=O)N1CCSC[C@H]1C#N. The van der Waals surface area contributed by atoms with Crippen molar-refractivity contribution in [1.29, 1.82) is 5.26 Å². The highest BCUT2D eigenvalue weighted by Gasteiger charge is 2.29. The van der Waals surface area contributed by atoms with Crippen LogP contribution in [0.1, 0.15) is 10.4 Å². The third-order valence-corrected chi connectivity index (χ3v) is 4.19. The highest BCUT2D eigenvalue weighted by Crippen LogP contribution is 2.26. The quantitative estimate of drug-likeness (QED) is 0.841. The second-order valence-electron chi connectivity index (χ2n) is 4.06. The zero-order chi connectivity index (χ0) is 13.8. The maximum absolute atomic E-state index is 12.5. The van der Waals surface area contributed by atoms with E-state index >= 15 is 0 Å². The summed E-state index contributed by atoms with van der Waals surface area (Å²) in [7, 11) is 1.51. The number of ether oxygens (including phenoxy) is 1. The van der Waals surface area contributed by atoms with Gasteiger partial charge in [-0.15, -0.1) is 0 Å². The molecule has 1 heterocycles. The molecule has 1 aromatic rings. The zero-order valence-corrected chi connectivity index (χ0v) is 12.0. The minimum absolute atomic E-state index is 0.203. The van der Waals surface area contributed by atoms with Crippen molar-refractivity contribution in [2.24, 2.45) is 0 Å². The molecule has 0 aromatic heterocycles. The second-order valence-corrected chi connectivity index (χ2v) is 5.65. The molecule has 1 fully saturated rings. The first-order valence-corrected chi connectivity index (χ1v) is 7.32. The lowest BCUT2D eigenvalue weighted by Crippen LogP contribution is -2.45. The summed E-state index contributed by atoms with van der Waals surface area (Å²) in [6.07, 6.45) is 0. The minimum atomic E-state index is -0.394. The number of benzene rings is 1. The van der Waals surface area contributed by atoms with Crippen LogP contribution in [0.2, 0.25) is 5.02 Å². The van der Waals surface area contributed by atoms with E-state index in [4.69, 9.17) is 21.6 Å². The fourth-order valence-corrected chi connectivity index (χ4v) is 3.10. The van der Waals surface area contributed by atoms with Gasteiger partial charge in [0.15, 0.2) is 0 Å². The van der Waals surface area contributed by atoms with E-state index in [1.807, 2.05) is 0 Å². The fourth-order valence-electron chi connectivity index (χ4n) is 1.96. The summed E-state index contributed by atoms with van der Waals surface area (Å²) in [5.74, 6) is 1.76. The monoisotopic (exact) mass is 296 g/mol. The van der Waals surface area contributed by atoms with Crippen molar-refractivity contribution in [3.63, 3.8) is 0 Å². The Hall–Kier alpha value is -1.38. The standard InChI is InChI=1S/C13H13ClN2O2S/c1-18-12-3-2-9(14)6-11(12)13(17)16-4-5-19-8-10(16)7-15/h2-3,6,10H,4-5,8H2,1H3/t10-/m1/s1. The number of nitrogens with zero attached hydrogens (tertiary/aromatic N) is 2. The average molecular weight is 297 g/mol. The second kappa shape index (κ2) is 6.18. The maximum Gasteiger partial charge on any atom is 0.258 e. The number of methoxy groups -OCH3 is 1. The third kappa shape index (κ3) is 2.96. The molecule has 1 aliphatic rings. The maximum atomic E-state index is 12.5. The Morgan fingerprint density at radius 3 is 3.11 bits per heavy atom. The molecule has 4 nitrogen and oxygen atoms in total. The van der Waals surface area contributed by atoms with Gasteiger partial charge in [0.25, 0.3) is 5.91 Å². The topological polar surface area (TPSA) is 53.3 Å². The number of halogens is 1. The summed E-state index contributed by atoms with van der Waals surface area (Å²) in [5, 5.41) is 9.60. The minimum Gasteiger partial charge on any atom is -0.496 e. The predicted molar refractivity (Wildman–Crippen MR) is 75.8 cm³/mol. The van der Waals surface area contributed by atoms with Gasteiger partial charge in [-0.05, 0) is 18.2 Å². The van der Waals surface area contributed by atoms with Gasteiger partial charge < -0.3 is 9.64 Å². The van der Waals surface area contributed by atoms with Gasteiger partial charge in [0.1, 0.15) is 11.8 Å². The van der Waals surface area contributed by atoms with Crippen LogP contribution in [0, 0.1) is 11.3 Å². The number of thioether (sulfide) groups is 1. The van der Waals surface area contributed by atoms with Gasteiger partial charge in [0.2, 0.25) is 0 Å². The molecule has 2 rings (SSSR count). The molecule has 0 aliphatic carbocycles. The van der Waals surface area contributed by atoms with E-state index < -0.39 is 6.04 Å². The molecular formula is C13H13ClN2O2S. The molecule has 1 atom stereocenters. The zero-order valence-electron chi connectivity index (χ0n) is 10.4. The predicted octanol–water partition coefficient (Wildman–Crippen LogP) is 2.43. The van der Waals surface area contributed by atoms with Gasteiger partial charge in [-0.3, -0.25) is 4.79 Å². The molecule has 1 amide bonds. The Kier molecular flexibility index (Phi) is 4.56. The van der Waals surface area contributed by atoms with E-state index in [9.17, 15) is 4.79 Å². The van der Waals surface area contributed by atoms with E-state index in [1.54, 1.807) is 34.9 Å². The first-order chi connectivity index (χ1) is 9.17. The van der Waals surface area contributed by atoms with Crippen molar-refractivity contribution in [1.82, 2.24) is 4.90 Å². The molecule has 100 valence electrons. The summed E-state index contributed by atoms with van der Waals surface area (Å²) in [5.41, 5.74) is 0.405. The Morgan fingerprint density at radius 2 is 2.42 bits per heavy atom. The fraction of sp³-hybridized carbons (Fsp3) is 0.385. The lowest BCUT2D eigenvalue weighted by molar-refractivity contribution is 0.0734. The number of rotatable bonds is 2. The summed E-state index contributed by atoms with van der Waals surface area (Å²) >= 11 is 7.61. The summed E-state index contributed by atoms with van der Waals surface area (Å²) in [6.45, 7) is 0.567. The van der Waals surface area contributed by atoms with Crippen LogP contribution in [0.3, 0.4) is 0 Å². The first kappa shape index (κ1) is 14.0. The number of hydrogen-bond donors (Lipinski definition) is 0. The van der Waals surface area contributed by atoms with Crippen molar-refractivity contribution in [3.05, 3.63) is 28.8 Å². The van der Waals surface area contributed by atoms with E-state index in [0.717, 1.165) is 5.75 Å². The molecule has 1 aromatic carbocycles. The first-order valence-electron chi connectivity index (χ1n) is 5.79. The van der Waals surface area contributed by atoms with Crippen molar-refractivity contribution in [2.45, 2.75) is 6.04 Å². The molecule has 0 unspecified atom stereocenters. The third-order valence-electron chi connectivity index (χ3n) is 2.93. The molecule has 1 saturated heterocycles. The average Bonchev–Trinajstić information content (AvgIpc) is 2.46. The summed E-state index contributed by atoms with van der Waals surface area (Å²) in [4.78, 5) is 14.1. The number of carbonyl (C=O) groups is 1. The Bertz CT molecular complexity index is 530. The molecule has 0 N–H and O–H groups in total. The van der Waals surface area contributed by atoms with Crippen molar-refractivity contribution in [3.8, 4) is 11.8 Å². The molecule has 1 aliphatic heterocycles. The normalized spacial score (nSPS) is 18.8. The van der Waals surface area contributed by atoms with Crippen molar-refractivity contribution in [2.75, 3.05) is 25.2 Å². The number of amides is 1. The Labute approximate surface area is 121 Å². The van der Waals surface area contributed by atoms with Crippen molar-refractivity contribution < 1.29 is 9.53 Å². The molecule has 0 bridgehead atoms. The van der Waals surface area contributed by atoms with Crippen LogP contribution in [0.5, 0.6) is 5.75 Å². The molecular weight excluding hydrogens is 284 g/mol. The number of carbonyl (C=O) groups excluding carboxylic acids is 1. The van der Waals surface area contributed by atoms with Crippen LogP contribution >= 0.6 is 23.4 Å². The largest absolute Gasteiger partial charge is 0.496 e. The van der Waals surface area contributed by atoms with Gasteiger partial charge in [0.05, 0.1) is 18.7 Å². The Balaban J connectivity index is 2.33. The molecule has 0 spiro atoms. The number of hydrogen-bond acceptors (Lipinski definition) is 4. The van der Waals surface area contributed by atoms with Crippen LogP contribution in [0.4, 0.5) is 0 Å². The van der Waals surface area contributed by atoms with Crippen molar-refractivity contribution >= 4 is 29.3 Å². The van der Waals surface area contributed by atoms with Crippen LogP contribution in [-0.4, -0.2) is 42.0 Å². The van der Waals surface area contributed by atoms with Gasteiger partial charge in [-0.25, -0.2) is 0 Å². The molecule has 0 radical (unpaired) electrons. The van der Waals surface area contributed by atoms with Crippen LogP contribution in [0.15, 0.2) is 18.2 Å². The van der Waals surface area contributed by atoms with E-state index in [0.29, 0.717) is 28.6 Å². The lowest BCUT2D eigenvalue weighted by Gasteiger charge is -2.31. The van der Waals surface area contributed by atoms with Crippen LogP contribution in [-0.2, 0) is 0 Å². The molecule has 6 heteroatoms. The van der Waals surface area contributed by atoms with Crippen LogP contribution < -0.4 is 4.74 Å².